The number of quaternary nitrogens is 2. The number of rotatable bonds is 9. The molecular weight excluding hydrogens is 287 g/mol. The van der Waals surface area contributed by atoms with E-state index in [9.17, 15) is 0 Å². The molecule has 0 saturated carbocycles. The van der Waals surface area contributed by atoms with E-state index in [-0.39, 0.29) is 32.7 Å². The summed E-state index contributed by atoms with van der Waals surface area (Å²) in [5.41, 5.74) is 0. The van der Waals surface area contributed by atoms with Crippen LogP contribution in [0.5, 0.6) is 0 Å². The summed E-state index contributed by atoms with van der Waals surface area (Å²) in [7, 11) is 8.98. The Kier molecular flexibility index (Phi) is 11.8. The van der Waals surface area contributed by atoms with E-state index < -0.39 is 0 Å². The summed E-state index contributed by atoms with van der Waals surface area (Å²) < 4.78 is 2.20. The van der Waals surface area contributed by atoms with Crippen LogP contribution in [0.4, 0.5) is 0 Å². The number of hydrogen-bond donors (Lipinski definition) is 1. The van der Waals surface area contributed by atoms with Crippen LogP contribution in [0.25, 0.3) is 0 Å². The number of hydrogen-bond acceptors (Lipinski definition) is 1. The second kappa shape index (κ2) is 9.85. The Morgan fingerprint density at radius 3 is 2.00 bits per heavy atom. The third kappa shape index (κ3) is 9.55. The molecule has 0 bridgehead atoms. The summed E-state index contributed by atoms with van der Waals surface area (Å²) in [6.07, 6.45) is 1.25. The normalized spacial score (nSPS) is 15.2. The van der Waals surface area contributed by atoms with Crippen molar-refractivity contribution < 1.29 is 41.7 Å². The van der Waals surface area contributed by atoms with Crippen molar-refractivity contribution in [3.8, 4) is 0 Å². The fourth-order valence-electron chi connectivity index (χ4n) is 1.91. The van der Waals surface area contributed by atoms with Crippen LogP contribution in [0.1, 0.15) is 13.3 Å². The van der Waals surface area contributed by atoms with Gasteiger partial charge >= 0.3 is 0 Å². The molecule has 0 fully saturated rings. The number of likely N-dealkylation sites (N-methyl/N-ethyl adjacent to an activating group) is 3. The molecule has 0 rings (SSSR count). The summed E-state index contributed by atoms with van der Waals surface area (Å²) in [4.78, 5) is 0. The molecule has 1 unspecified atom stereocenters. The van der Waals surface area contributed by atoms with Crippen molar-refractivity contribution >= 4 is 0 Å². The third-order valence-electron chi connectivity index (χ3n) is 3.52. The maximum Gasteiger partial charge on any atom is 0.128 e. The maximum absolute atomic E-state index is 4.09. The molecule has 0 heterocycles. The van der Waals surface area contributed by atoms with E-state index in [1.165, 1.54) is 32.6 Å². The van der Waals surface area contributed by atoms with E-state index in [2.05, 4.69) is 40.3 Å². The molecule has 1 N–H and O–H groups in total. The molecule has 3 nitrogen and oxygen atoms in total. The van der Waals surface area contributed by atoms with E-state index in [1.54, 1.807) is 0 Å². The standard InChI is InChI=1S/C13H32N3.Y/c1-7-10-16(6,8-2)13-12-15(4,5)11-9-14-3;/h14H,2,7-13H2,1,3-6H3;/q+1;. The Morgan fingerprint density at radius 1 is 1.00 bits per heavy atom. The van der Waals surface area contributed by atoms with Crippen molar-refractivity contribution in [2.24, 2.45) is 0 Å². The Morgan fingerprint density at radius 2 is 1.59 bits per heavy atom. The van der Waals surface area contributed by atoms with Gasteiger partial charge in [0.2, 0.25) is 0 Å². The minimum Gasteiger partial charge on any atom is -0.347 e. The molecule has 1 radical (unpaired) electrons. The van der Waals surface area contributed by atoms with Crippen LogP contribution in [0.2, 0.25) is 0 Å². The molecule has 0 aliphatic heterocycles. The van der Waals surface area contributed by atoms with Crippen molar-refractivity contribution in [2.75, 3.05) is 67.5 Å². The van der Waals surface area contributed by atoms with Crippen LogP contribution >= 0.6 is 0 Å². The molecule has 0 aromatic heterocycles. The molecule has 0 aromatic carbocycles. The molecule has 0 saturated heterocycles. The fraction of sp³-hybridized carbons (Fsp3) is 0.923. The smallest absolute Gasteiger partial charge is 0.128 e. The van der Waals surface area contributed by atoms with Gasteiger partial charge in [-0.2, -0.15) is 0 Å². The van der Waals surface area contributed by atoms with E-state index >= 15 is 0 Å². The molecule has 0 aliphatic carbocycles. The first-order valence-corrected chi connectivity index (χ1v) is 6.48. The van der Waals surface area contributed by atoms with E-state index in [1.807, 2.05) is 7.05 Å². The summed E-state index contributed by atoms with van der Waals surface area (Å²) in [6.45, 7) is 13.3. The van der Waals surface area contributed by atoms with Gasteiger partial charge in [0.15, 0.2) is 0 Å². The van der Waals surface area contributed by atoms with Gasteiger partial charge in [-0.1, -0.05) is 6.92 Å². The van der Waals surface area contributed by atoms with Gasteiger partial charge in [0.05, 0.1) is 34.2 Å². The molecule has 0 aromatic rings. The third-order valence-corrected chi connectivity index (χ3v) is 3.52. The zero-order valence-corrected chi connectivity index (χ0v) is 15.5. The Labute approximate surface area is 134 Å². The second-order valence-electron chi connectivity index (χ2n) is 5.78. The first-order valence-electron chi connectivity index (χ1n) is 6.48. The minimum atomic E-state index is 0. The molecule has 0 spiro atoms. The van der Waals surface area contributed by atoms with Crippen LogP contribution < -0.4 is 5.32 Å². The first kappa shape index (κ1) is 20.3. The van der Waals surface area contributed by atoms with Crippen LogP contribution in [-0.4, -0.2) is 76.4 Å². The summed E-state index contributed by atoms with van der Waals surface area (Å²) in [5.74, 6) is 0. The quantitative estimate of drug-likeness (QED) is 0.493. The predicted octanol–water partition coefficient (Wildman–Crippen LogP) is 0.970. The van der Waals surface area contributed by atoms with Gasteiger partial charge in [0.1, 0.15) is 13.1 Å². The van der Waals surface area contributed by atoms with E-state index in [0.717, 1.165) is 22.1 Å². The number of nitrogens with one attached hydrogen (secondary N) is 1. The second-order valence-corrected chi connectivity index (χ2v) is 5.78. The maximum atomic E-state index is 4.09. The summed E-state index contributed by atoms with van der Waals surface area (Å²) in [5, 5.41) is 3.23. The van der Waals surface area contributed by atoms with Crippen LogP contribution in [0.15, 0.2) is 0 Å². The summed E-state index contributed by atoms with van der Waals surface area (Å²) in [6, 6.07) is 0. The van der Waals surface area contributed by atoms with Crippen molar-refractivity contribution in [1.82, 2.24) is 5.32 Å². The van der Waals surface area contributed by atoms with E-state index in [4.69, 9.17) is 0 Å². The van der Waals surface area contributed by atoms with Crippen molar-refractivity contribution in [1.29, 1.82) is 0 Å². The summed E-state index contributed by atoms with van der Waals surface area (Å²) >= 11 is 0. The van der Waals surface area contributed by atoms with Gasteiger partial charge in [-0.25, -0.2) is 0 Å². The molecule has 0 amide bonds. The van der Waals surface area contributed by atoms with Crippen LogP contribution in [0.3, 0.4) is 0 Å². The molecule has 0 aliphatic rings. The fourth-order valence-corrected chi connectivity index (χ4v) is 1.91. The van der Waals surface area contributed by atoms with Gasteiger partial charge in [-0.3, -0.25) is 6.92 Å². The first-order chi connectivity index (χ1) is 7.39. The SMILES string of the molecule is [CH2-]C[N+](C)(CCC)CC[N+](C)(C)CCNC.[Y]. The van der Waals surface area contributed by atoms with Crippen molar-refractivity contribution in [3.63, 3.8) is 0 Å². The molecule has 1 atom stereocenters. The number of nitrogens with zero attached hydrogens (tertiary/aromatic N) is 2. The van der Waals surface area contributed by atoms with E-state index in [0.29, 0.717) is 0 Å². The zero-order chi connectivity index (χ0) is 12.7. The molecule has 101 valence electrons. The average Bonchev–Trinajstić information content (AvgIpc) is 2.25. The Balaban J connectivity index is 0. The van der Waals surface area contributed by atoms with Gasteiger partial charge in [0.25, 0.3) is 0 Å². The molecular formula is C13H32N3Y+. The minimum absolute atomic E-state index is 0. The van der Waals surface area contributed by atoms with Crippen LogP contribution in [0, 0.1) is 6.92 Å². The Bertz CT molecular complexity index is 186. The molecule has 17 heavy (non-hydrogen) atoms. The largest absolute Gasteiger partial charge is 0.347 e. The van der Waals surface area contributed by atoms with Gasteiger partial charge in [-0.15, -0.1) is 0 Å². The van der Waals surface area contributed by atoms with Gasteiger partial charge in [0, 0.05) is 39.3 Å². The monoisotopic (exact) mass is 319 g/mol. The van der Waals surface area contributed by atoms with Crippen LogP contribution in [-0.2, 0) is 32.7 Å². The predicted molar refractivity (Wildman–Crippen MR) is 72.2 cm³/mol. The zero-order valence-electron chi connectivity index (χ0n) is 12.6. The topological polar surface area (TPSA) is 12.0 Å². The van der Waals surface area contributed by atoms with Gasteiger partial charge in [-0.05, 0) is 20.0 Å². The van der Waals surface area contributed by atoms with Crippen molar-refractivity contribution in [3.05, 3.63) is 6.92 Å². The van der Waals surface area contributed by atoms with Gasteiger partial charge < -0.3 is 14.3 Å². The molecule has 4 heteroatoms. The Hall–Kier alpha value is 0.984. The van der Waals surface area contributed by atoms with Crippen molar-refractivity contribution in [2.45, 2.75) is 13.3 Å². The average molecular weight is 319 g/mol.